The predicted octanol–water partition coefficient (Wildman–Crippen LogP) is 5.31. The number of hydrogen-bond acceptors (Lipinski definition) is 5. The number of hydrogen-bond donors (Lipinski definition) is 3. The number of para-hydroxylation sites is 1. The summed E-state index contributed by atoms with van der Waals surface area (Å²) >= 11 is 0. The number of rotatable bonds is 5. The lowest BCUT2D eigenvalue weighted by Gasteiger charge is -2.16. The Hall–Kier alpha value is -3.89. The molecule has 3 N–H and O–H groups in total. The Bertz CT molecular complexity index is 1140. The maximum Gasteiger partial charge on any atom is 0.490 e. The molecule has 0 radical (unpaired) electrons. The van der Waals surface area contributed by atoms with Gasteiger partial charge in [-0.1, -0.05) is 43.9 Å². The maximum absolute atomic E-state index is 12.8. The smallest absolute Gasteiger partial charge is 0.475 e. The van der Waals surface area contributed by atoms with Crippen molar-refractivity contribution in [3.8, 4) is 11.1 Å². The Morgan fingerprint density at radius 2 is 1.58 bits per heavy atom. The summed E-state index contributed by atoms with van der Waals surface area (Å²) in [5.74, 6) is -2.22. The van der Waals surface area contributed by atoms with E-state index in [-0.39, 0.29) is 11.9 Å². The monoisotopic (exact) mass is 503 g/mol. The van der Waals surface area contributed by atoms with Gasteiger partial charge < -0.3 is 20.3 Å². The third-order valence-electron chi connectivity index (χ3n) is 5.69. The van der Waals surface area contributed by atoms with Crippen LogP contribution >= 0.6 is 0 Å². The third-order valence-corrected chi connectivity index (χ3v) is 5.69. The number of halogens is 3. The second-order valence-corrected chi connectivity index (χ2v) is 8.48. The Morgan fingerprint density at radius 3 is 2.14 bits per heavy atom. The first-order valence-electron chi connectivity index (χ1n) is 11.6. The van der Waals surface area contributed by atoms with E-state index >= 15 is 0 Å². The first kappa shape index (κ1) is 26.7. The van der Waals surface area contributed by atoms with Crippen molar-refractivity contribution in [1.82, 2.24) is 19.9 Å². The molecule has 1 saturated carbocycles. The van der Waals surface area contributed by atoms with Crippen molar-refractivity contribution in [3.05, 3.63) is 60.7 Å². The zero-order valence-corrected chi connectivity index (χ0v) is 19.8. The Balaban J connectivity index is 0.000000454. The van der Waals surface area contributed by atoms with E-state index in [0.29, 0.717) is 11.6 Å². The topological polar surface area (TPSA) is 109 Å². The van der Waals surface area contributed by atoms with Crippen molar-refractivity contribution in [3.63, 3.8) is 0 Å². The fourth-order valence-corrected chi connectivity index (χ4v) is 3.82. The fourth-order valence-electron chi connectivity index (χ4n) is 3.82. The largest absolute Gasteiger partial charge is 0.490 e. The average molecular weight is 504 g/mol. The van der Waals surface area contributed by atoms with Crippen LogP contribution in [0.2, 0.25) is 0 Å². The number of aliphatic carboxylic acids is 1. The minimum absolute atomic E-state index is 0.00562. The summed E-state index contributed by atoms with van der Waals surface area (Å²) in [5, 5.41) is 13.5. The standard InChI is InChI=1S/C23H27N5O.C2HF3O2/c1-28-16-17(13-21(28)22(29)26-19-9-5-2-3-6-10-19)18-14-24-23(25-15-18)27-20-11-7-4-8-12-20;3-2(4,5)1(6)7/h4,7-8,11-16,19H,2-3,5-6,9-10H2,1H3,(H,26,29)(H,24,25,27);(H,6,7). The third kappa shape index (κ3) is 7.82. The van der Waals surface area contributed by atoms with Gasteiger partial charge >= 0.3 is 12.1 Å². The van der Waals surface area contributed by atoms with Gasteiger partial charge in [0.25, 0.3) is 5.91 Å². The molecule has 2 heterocycles. The van der Waals surface area contributed by atoms with Crippen molar-refractivity contribution in [2.45, 2.75) is 50.7 Å². The zero-order chi connectivity index (χ0) is 26.1. The Morgan fingerprint density at radius 1 is 1.00 bits per heavy atom. The molecule has 8 nitrogen and oxygen atoms in total. The molecule has 0 aliphatic heterocycles. The molecule has 1 aliphatic carbocycles. The van der Waals surface area contributed by atoms with Gasteiger partial charge in [-0.05, 0) is 31.0 Å². The van der Waals surface area contributed by atoms with E-state index in [2.05, 4.69) is 20.6 Å². The number of nitrogens with zero attached hydrogens (tertiary/aromatic N) is 3. The summed E-state index contributed by atoms with van der Waals surface area (Å²) in [6.45, 7) is 0. The lowest BCUT2D eigenvalue weighted by atomic mass is 10.1. The lowest BCUT2D eigenvalue weighted by molar-refractivity contribution is -0.192. The van der Waals surface area contributed by atoms with E-state index in [4.69, 9.17) is 9.90 Å². The van der Waals surface area contributed by atoms with E-state index < -0.39 is 12.1 Å². The second kappa shape index (κ2) is 12.2. The number of carbonyl (C=O) groups is 2. The molecule has 0 atom stereocenters. The van der Waals surface area contributed by atoms with Crippen LogP contribution in [0.5, 0.6) is 0 Å². The maximum atomic E-state index is 12.8. The highest BCUT2D eigenvalue weighted by Gasteiger charge is 2.38. The van der Waals surface area contributed by atoms with Crippen LogP contribution in [-0.2, 0) is 11.8 Å². The van der Waals surface area contributed by atoms with E-state index in [1.54, 1.807) is 12.4 Å². The molecule has 11 heteroatoms. The molecule has 4 rings (SSSR count). The number of aromatic nitrogens is 3. The number of anilines is 2. The highest BCUT2D eigenvalue weighted by molar-refractivity contribution is 5.94. The molecule has 1 aromatic carbocycles. The molecule has 0 saturated heterocycles. The zero-order valence-electron chi connectivity index (χ0n) is 19.8. The number of alkyl halides is 3. The number of carbonyl (C=O) groups excluding carboxylic acids is 1. The van der Waals surface area contributed by atoms with Gasteiger partial charge in [0.2, 0.25) is 5.95 Å². The summed E-state index contributed by atoms with van der Waals surface area (Å²) in [5.41, 5.74) is 3.42. The van der Waals surface area contributed by atoms with Crippen molar-refractivity contribution in [2.75, 3.05) is 5.32 Å². The minimum atomic E-state index is -5.08. The van der Waals surface area contributed by atoms with Crippen LogP contribution in [0.3, 0.4) is 0 Å². The van der Waals surface area contributed by atoms with Crippen LogP contribution in [0.25, 0.3) is 11.1 Å². The predicted molar refractivity (Wildman–Crippen MR) is 129 cm³/mol. The second-order valence-electron chi connectivity index (χ2n) is 8.48. The molecule has 0 bridgehead atoms. The Labute approximate surface area is 206 Å². The molecular weight excluding hydrogens is 475 g/mol. The van der Waals surface area contributed by atoms with Gasteiger partial charge in [-0.25, -0.2) is 14.8 Å². The molecule has 0 unspecified atom stereocenters. The summed E-state index contributed by atoms with van der Waals surface area (Å²) in [7, 11) is 1.90. The Kier molecular flexibility index (Phi) is 9.04. The molecule has 36 heavy (non-hydrogen) atoms. The lowest BCUT2D eigenvalue weighted by Crippen LogP contribution is -2.35. The highest BCUT2D eigenvalue weighted by Crippen LogP contribution is 2.23. The van der Waals surface area contributed by atoms with Crippen LogP contribution in [-0.4, -0.2) is 43.7 Å². The summed E-state index contributed by atoms with van der Waals surface area (Å²) in [6.07, 6.45) is 7.52. The highest BCUT2D eigenvalue weighted by atomic mass is 19.4. The SMILES string of the molecule is Cn1cc(-c2cnc(Nc3ccccc3)nc2)cc1C(=O)NC1CCCCCC1.O=C(O)C(F)(F)F. The van der Waals surface area contributed by atoms with Crippen LogP contribution < -0.4 is 10.6 Å². The number of amides is 1. The van der Waals surface area contributed by atoms with Crippen molar-refractivity contribution in [2.24, 2.45) is 7.05 Å². The summed E-state index contributed by atoms with van der Waals surface area (Å²) < 4.78 is 33.6. The number of carboxylic acids is 1. The van der Waals surface area contributed by atoms with Gasteiger partial charge in [0, 0.05) is 48.5 Å². The van der Waals surface area contributed by atoms with Gasteiger partial charge in [-0.2, -0.15) is 13.2 Å². The van der Waals surface area contributed by atoms with Gasteiger partial charge in [0.15, 0.2) is 0 Å². The molecule has 0 spiro atoms. The van der Waals surface area contributed by atoms with Crippen molar-refractivity contribution < 1.29 is 27.9 Å². The van der Waals surface area contributed by atoms with E-state index in [1.807, 2.05) is 54.2 Å². The van der Waals surface area contributed by atoms with Gasteiger partial charge in [-0.3, -0.25) is 4.79 Å². The molecule has 192 valence electrons. The van der Waals surface area contributed by atoms with Crippen LogP contribution in [0.4, 0.5) is 24.8 Å². The van der Waals surface area contributed by atoms with Gasteiger partial charge in [0.05, 0.1) is 0 Å². The first-order valence-corrected chi connectivity index (χ1v) is 11.6. The van der Waals surface area contributed by atoms with Crippen molar-refractivity contribution >= 4 is 23.5 Å². The first-order chi connectivity index (χ1) is 17.1. The van der Waals surface area contributed by atoms with E-state index in [0.717, 1.165) is 29.7 Å². The van der Waals surface area contributed by atoms with Crippen molar-refractivity contribution in [1.29, 1.82) is 0 Å². The summed E-state index contributed by atoms with van der Waals surface area (Å²) in [4.78, 5) is 30.5. The molecule has 1 amide bonds. The normalized spacial score (nSPS) is 14.2. The van der Waals surface area contributed by atoms with Crippen LogP contribution in [0.15, 0.2) is 55.0 Å². The van der Waals surface area contributed by atoms with Gasteiger partial charge in [0.1, 0.15) is 5.69 Å². The molecule has 3 aromatic rings. The molecule has 1 fully saturated rings. The summed E-state index contributed by atoms with van der Waals surface area (Å²) in [6, 6.07) is 12.0. The molecule has 1 aliphatic rings. The van der Waals surface area contributed by atoms with Crippen LogP contribution in [0, 0.1) is 0 Å². The van der Waals surface area contributed by atoms with Crippen LogP contribution in [0.1, 0.15) is 49.0 Å². The van der Waals surface area contributed by atoms with Gasteiger partial charge in [-0.15, -0.1) is 0 Å². The number of aryl methyl sites for hydroxylation is 1. The number of nitrogens with one attached hydrogen (secondary N) is 2. The number of carboxylic acid groups (broad SMARTS) is 1. The quantitative estimate of drug-likeness (QED) is 0.407. The van der Waals surface area contributed by atoms with E-state index in [1.165, 1.54) is 25.7 Å². The number of benzene rings is 1. The minimum Gasteiger partial charge on any atom is -0.475 e. The molecular formula is C25H28F3N5O3. The van der Waals surface area contributed by atoms with E-state index in [9.17, 15) is 18.0 Å². The fraction of sp³-hybridized carbons (Fsp3) is 0.360. The molecule has 2 aromatic heterocycles. The average Bonchev–Trinajstić information content (AvgIpc) is 3.05.